The van der Waals surface area contributed by atoms with Crippen molar-refractivity contribution in [1.82, 2.24) is 4.98 Å². The van der Waals surface area contributed by atoms with Crippen molar-refractivity contribution in [2.24, 2.45) is 5.92 Å². The summed E-state index contributed by atoms with van der Waals surface area (Å²) in [6, 6.07) is 6.51. The number of rotatable bonds is 6. The van der Waals surface area contributed by atoms with Gasteiger partial charge in [0.1, 0.15) is 5.82 Å². The molecule has 1 aromatic carbocycles. The first-order chi connectivity index (χ1) is 11.5. The lowest BCUT2D eigenvalue weighted by Gasteiger charge is -2.13. The molecule has 1 aliphatic rings. The molecule has 0 spiro atoms. The van der Waals surface area contributed by atoms with Gasteiger partial charge in [0, 0.05) is 29.3 Å². The standard InChI is InChI=1S/C19H19FN4/c1-12(14-5-6-14)24-19-9-15(18(22)10-16(19)20)17(21)7-4-13-3-2-8-23-11-13/h2-4,7-11,14,21,24H,1,5-6,22H2/b7-4+,21-17?. The maximum atomic E-state index is 14.1. The normalized spacial score (nSPS) is 13.9. The molecule has 2 aromatic rings. The summed E-state index contributed by atoms with van der Waals surface area (Å²) >= 11 is 0. The molecular formula is C19H19FN4. The van der Waals surface area contributed by atoms with E-state index in [1.54, 1.807) is 30.6 Å². The SMILES string of the molecule is C=C(Nc1cc(C(=N)/C=C/c2cccnc2)c(N)cc1F)C1CC1. The van der Waals surface area contributed by atoms with Gasteiger partial charge in [0.05, 0.1) is 11.4 Å². The second kappa shape index (κ2) is 6.66. The molecule has 1 fully saturated rings. The summed E-state index contributed by atoms with van der Waals surface area (Å²) in [4.78, 5) is 4.02. The van der Waals surface area contributed by atoms with Crippen LogP contribution in [0, 0.1) is 17.1 Å². The lowest BCUT2D eigenvalue weighted by Crippen LogP contribution is -2.07. The average molecular weight is 322 g/mol. The van der Waals surface area contributed by atoms with Crippen LogP contribution in [0.4, 0.5) is 15.8 Å². The van der Waals surface area contributed by atoms with Gasteiger partial charge in [0.25, 0.3) is 0 Å². The summed E-state index contributed by atoms with van der Waals surface area (Å²) in [6.07, 6.45) is 8.95. The molecule has 0 amide bonds. The second-order valence-corrected chi connectivity index (χ2v) is 5.88. The fourth-order valence-electron chi connectivity index (χ4n) is 2.37. The Bertz CT molecular complexity index is 808. The van der Waals surface area contributed by atoms with Crippen LogP contribution in [0.25, 0.3) is 6.08 Å². The van der Waals surface area contributed by atoms with Gasteiger partial charge in [-0.05, 0) is 48.6 Å². The average Bonchev–Trinajstić information content (AvgIpc) is 3.41. The van der Waals surface area contributed by atoms with Crippen molar-refractivity contribution in [3.05, 3.63) is 72.0 Å². The third kappa shape index (κ3) is 3.68. The molecule has 0 saturated heterocycles. The number of anilines is 2. The number of nitrogens with two attached hydrogens (primary N) is 1. The zero-order valence-corrected chi connectivity index (χ0v) is 13.2. The summed E-state index contributed by atoms with van der Waals surface area (Å²) in [5.41, 5.74) is 8.78. The molecule has 4 nitrogen and oxygen atoms in total. The van der Waals surface area contributed by atoms with Crippen LogP contribution in [0.15, 0.2) is 55.0 Å². The third-order valence-corrected chi connectivity index (χ3v) is 3.92. The Morgan fingerprint density at radius 1 is 1.42 bits per heavy atom. The fraction of sp³-hybridized carbons (Fsp3) is 0.158. The van der Waals surface area contributed by atoms with Crippen molar-refractivity contribution in [1.29, 1.82) is 5.41 Å². The predicted molar refractivity (Wildman–Crippen MR) is 96.4 cm³/mol. The molecule has 1 aliphatic carbocycles. The van der Waals surface area contributed by atoms with Crippen molar-refractivity contribution in [2.45, 2.75) is 12.8 Å². The van der Waals surface area contributed by atoms with Crippen LogP contribution < -0.4 is 11.1 Å². The van der Waals surface area contributed by atoms with Crippen molar-refractivity contribution >= 4 is 23.2 Å². The van der Waals surface area contributed by atoms with Gasteiger partial charge in [0.15, 0.2) is 0 Å². The number of nitrogens with zero attached hydrogens (tertiary/aromatic N) is 1. The molecule has 5 heteroatoms. The van der Waals surface area contributed by atoms with E-state index in [1.165, 1.54) is 6.07 Å². The molecular weight excluding hydrogens is 303 g/mol. The lowest BCUT2D eigenvalue weighted by molar-refractivity contribution is 0.631. The van der Waals surface area contributed by atoms with Crippen LogP contribution in [-0.2, 0) is 0 Å². The second-order valence-electron chi connectivity index (χ2n) is 5.88. The molecule has 4 N–H and O–H groups in total. The molecule has 0 radical (unpaired) electrons. The van der Waals surface area contributed by atoms with E-state index in [4.69, 9.17) is 11.1 Å². The summed E-state index contributed by atoms with van der Waals surface area (Å²) < 4.78 is 14.1. The summed E-state index contributed by atoms with van der Waals surface area (Å²) in [5.74, 6) is -0.0302. The quantitative estimate of drug-likeness (QED) is 0.550. The van der Waals surface area contributed by atoms with Gasteiger partial charge < -0.3 is 16.5 Å². The van der Waals surface area contributed by atoms with E-state index in [2.05, 4.69) is 16.9 Å². The number of aromatic nitrogens is 1. The molecule has 3 rings (SSSR count). The summed E-state index contributed by atoms with van der Waals surface area (Å²) in [6.45, 7) is 3.94. The Hall–Kier alpha value is -2.95. The highest BCUT2D eigenvalue weighted by atomic mass is 19.1. The highest BCUT2D eigenvalue weighted by Gasteiger charge is 2.25. The fourth-order valence-corrected chi connectivity index (χ4v) is 2.37. The predicted octanol–water partition coefficient (Wildman–Crippen LogP) is 4.22. The Balaban J connectivity index is 1.82. The summed E-state index contributed by atoms with van der Waals surface area (Å²) in [7, 11) is 0. The van der Waals surface area contributed by atoms with E-state index >= 15 is 0 Å². The Kier molecular flexibility index (Phi) is 4.42. The molecule has 1 heterocycles. The number of hydrogen-bond donors (Lipinski definition) is 3. The first-order valence-corrected chi connectivity index (χ1v) is 7.76. The van der Waals surface area contributed by atoms with E-state index in [1.807, 2.05) is 12.1 Å². The van der Waals surface area contributed by atoms with Crippen LogP contribution in [0.3, 0.4) is 0 Å². The maximum Gasteiger partial charge on any atom is 0.148 e. The van der Waals surface area contributed by atoms with Crippen molar-refractivity contribution in [2.75, 3.05) is 11.1 Å². The molecule has 1 aromatic heterocycles. The van der Waals surface area contributed by atoms with Gasteiger partial charge in [-0.25, -0.2) is 4.39 Å². The van der Waals surface area contributed by atoms with Gasteiger partial charge in [-0.2, -0.15) is 0 Å². The number of hydrogen-bond acceptors (Lipinski definition) is 4. The van der Waals surface area contributed by atoms with E-state index in [9.17, 15) is 4.39 Å². The van der Waals surface area contributed by atoms with E-state index in [-0.39, 0.29) is 11.4 Å². The zero-order valence-electron chi connectivity index (χ0n) is 13.2. The third-order valence-electron chi connectivity index (χ3n) is 3.92. The monoisotopic (exact) mass is 322 g/mol. The summed E-state index contributed by atoms with van der Waals surface area (Å²) in [5, 5.41) is 11.2. The molecule has 24 heavy (non-hydrogen) atoms. The molecule has 122 valence electrons. The maximum absolute atomic E-state index is 14.1. The van der Waals surface area contributed by atoms with Gasteiger partial charge in [-0.1, -0.05) is 18.7 Å². The van der Waals surface area contributed by atoms with Crippen molar-refractivity contribution in [3.8, 4) is 0 Å². The molecule has 1 saturated carbocycles. The minimum Gasteiger partial charge on any atom is -0.398 e. The topological polar surface area (TPSA) is 74.8 Å². The Morgan fingerprint density at radius 2 is 2.21 bits per heavy atom. The smallest absolute Gasteiger partial charge is 0.148 e. The van der Waals surface area contributed by atoms with Crippen molar-refractivity contribution < 1.29 is 4.39 Å². The van der Waals surface area contributed by atoms with Crippen LogP contribution in [0.5, 0.6) is 0 Å². The number of halogens is 1. The minimum atomic E-state index is -0.443. The Morgan fingerprint density at radius 3 is 2.88 bits per heavy atom. The Labute approximate surface area is 140 Å². The highest BCUT2D eigenvalue weighted by Crippen LogP contribution is 2.36. The van der Waals surface area contributed by atoms with E-state index in [0.717, 1.165) is 24.1 Å². The number of nitrogens with one attached hydrogen (secondary N) is 2. The lowest BCUT2D eigenvalue weighted by atomic mass is 10.0. The number of allylic oxidation sites excluding steroid dienone is 2. The minimum absolute atomic E-state index is 0.205. The first kappa shape index (κ1) is 15.9. The zero-order chi connectivity index (χ0) is 17.1. The molecule has 0 unspecified atom stereocenters. The highest BCUT2D eigenvalue weighted by molar-refractivity contribution is 6.12. The van der Waals surface area contributed by atoms with Crippen LogP contribution >= 0.6 is 0 Å². The van der Waals surface area contributed by atoms with Crippen LogP contribution in [0.1, 0.15) is 24.0 Å². The first-order valence-electron chi connectivity index (χ1n) is 7.76. The van der Waals surface area contributed by atoms with Gasteiger partial charge >= 0.3 is 0 Å². The largest absolute Gasteiger partial charge is 0.398 e. The molecule has 0 atom stereocenters. The van der Waals surface area contributed by atoms with Gasteiger partial charge in [-0.15, -0.1) is 0 Å². The van der Waals surface area contributed by atoms with Crippen molar-refractivity contribution in [3.63, 3.8) is 0 Å². The number of pyridine rings is 1. The van der Waals surface area contributed by atoms with Gasteiger partial charge in [-0.3, -0.25) is 4.98 Å². The molecule has 0 bridgehead atoms. The van der Waals surface area contributed by atoms with Crippen LogP contribution in [-0.4, -0.2) is 10.7 Å². The van der Waals surface area contributed by atoms with E-state index in [0.29, 0.717) is 17.2 Å². The molecule has 0 aliphatic heterocycles. The number of benzene rings is 1. The van der Waals surface area contributed by atoms with Crippen LogP contribution in [0.2, 0.25) is 0 Å². The van der Waals surface area contributed by atoms with Gasteiger partial charge in [0.2, 0.25) is 0 Å². The van der Waals surface area contributed by atoms with E-state index < -0.39 is 5.82 Å². The number of nitrogen functional groups attached to an aromatic ring is 1.